The van der Waals surface area contributed by atoms with Gasteiger partial charge in [0.15, 0.2) is 0 Å². The Morgan fingerprint density at radius 2 is 1.48 bits per heavy atom. The summed E-state index contributed by atoms with van der Waals surface area (Å²) in [5.74, 6) is 0. The molecule has 0 aromatic heterocycles. The lowest BCUT2D eigenvalue weighted by molar-refractivity contribution is 0.148. The van der Waals surface area contributed by atoms with Gasteiger partial charge in [0.2, 0.25) is 0 Å². The fourth-order valence-corrected chi connectivity index (χ4v) is 2.13. The van der Waals surface area contributed by atoms with Crippen LogP contribution in [0.3, 0.4) is 0 Å². The van der Waals surface area contributed by atoms with E-state index in [0.717, 1.165) is 6.42 Å². The van der Waals surface area contributed by atoms with Gasteiger partial charge in [-0.05, 0) is 35.6 Å². The van der Waals surface area contributed by atoms with Crippen LogP contribution < -0.4 is 0 Å². The third-order valence-corrected chi connectivity index (χ3v) is 3.34. The van der Waals surface area contributed by atoms with Gasteiger partial charge in [0.1, 0.15) is 0 Å². The first-order chi connectivity index (χ1) is 10.3. The number of hydrogen-bond acceptors (Lipinski definition) is 1. The van der Waals surface area contributed by atoms with Crippen LogP contribution in [0.2, 0.25) is 0 Å². The summed E-state index contributed by atoms with van der Waals surface area (Å²) in [5, 5.41) is 0. The number of benzene rings is 2. The standard InChI is InChI=1S/C20H22O/c1-3-5-15-21-16-18-9-13-20(14-10-18)19-11-7-17(6-4-2)8-12-19/h3-5,7-14H,2,6,15-16H2,1H3. The van der Waals surface area contributed by atoms with Crippen LogP contribution in [-0.2, 0) is 17.8 Å². The van der Waals surface area contributed by atoms with Gasteiger partial charge in [-0.3, -0.25) is 0 Å². The maximum atomic E-state index is 5.55. The molecule has 1 heteroatoms. The topological polar surface area (TPSA) is 9.23 Å². The third-order valence-electron chi connectivity index (χ3n) is 3.34. The van der Waals surface area contributed by atoms with E-state index in [1.54, 1.807) is 0 Å². The number of allylic oxidation sites excluding steroid dienone is 2. The van der Waals surface area contributed by atoms with Crippen molar-refractivity contribution in [2.24, 2.45) is 0 Å². The van der Waals surface area contributed by atoms with Gasteiger partial charge in [0.05, 0.1) is 13.2 Å². The van der Waals surface area contributed by atoms with Crippen molar-refractivity contribution in [1.82, 2.24) is 0 Å². The molecule has 2 aromatic rings. The minimum atomic E-state index is 0.656. The van der Waals surface area contributed by atoms with Gasteiger partial charge in [0, 0.05) is 0 Å². The highest BCUT2D eigenvalue weighted by molar-refractivity contribution is 5.64. The van der Waals surface area contributed by atoms with E-state index in [4.69, 9.17) is 4.74 Å². The SMILES string of the molecule is C=CCc1ccc(-c2ccc(COCC=CC)cc2)cc1. The molecule has 108 valence electrons. The monoisotopic (exact) mass is 278 g/mol. The quantitative estimate of drug-likeness (QED) is 0.501. The molecule has 0 unspecified atom stereocenters. The molecule has 0 fully saturated rings. The third kappa shape index (κ3) is 4.73. The Kier molecular flexibility index (Phi) is 5.99. The Morgan fingerprint density at radius 1 is 0.905 bits per heavy atom. The molecular formula is C20H22O. The fraction of sp³-hybridized carbons (Fsp3) is 0.200. The molecule has 2 rings (SSSR count). The zero-order valence-corrected chi connectivity index (χ0v) is 12.6. The molecular weight excluding hydrogens is 256 g/mol. The van der Waals surface area contributed by atoms with E-state index in [0.29, 0.717) is 13.2 Å². The summed E-state index contributed by atoms with van der Waals surface area (Å²) in [7, 11) is 0. The summed E-state index contributed by atoms with van der Waals surface area (Å²) in [6.45, 7) is 7.09. The molecule has 0 radical (unpaired) electrons. The van der Waals surface area contributed by atoms with Crippen LogP contribution in [0.1, 0.15) is 18.1 Å². The van der Waals surface area contributed by atoms with Crippen LogP contribution in [-0.4, -0.2) is 6.61 Å². The predicted molar refractivity (Wildman–Crippen MR) is 90.2 cm³/mol. The van der Waals surface area contributed by atoms with Gasteiger partial charge in [0.25, 0.3) is 0 Å². The molecule has 21 heavy (non-hydrogen) atoms. The Hall–Kier alpha value is -2.12. The summed E-state index contributed by atoms with van der Waals surface area (Å²) in [5.41, 5.74) is 4.97. The summed E-state index contributed by atoms with van der Waals surface area (Å²) >= 11 is 0. The maximum Gasteiger partial charge on any atom is 0.0721 e. The highest BCUT2D eigenvalue weighted by Crippen LogP contribution is 2.21. The fourth-order valence-electron chi connectivity index (χ4n) is 2.13. The molecule has 0 aliphatic rings. The van der Waals surface area contributed by atoms with Gasteiger partial charge in [-0.1, -0.05) is 66.8 Å². The Labute approximate surface area is 127 Å². The Balaban J connectivity index is 1.99. The van der Waals surface area contributed by atoms with Crippen molar-refractivity contribution in [2.45, 2.75) is 20.0 Å². The summed E-state index contributed by atoms with van der Waals surface area (Å²) in [4.78, 5) is 0. The van der Waals surface area contributed by atoms with Crippen molar-refractivity contribution in [3.8, 4) is 11.1 Å². The number of rotatable bonds is 7. The van der Waals surface area contributed by atoms with Crippen molar-refractivity contribution >= 4 is 0 Å². The van der Waals surface area contributed by atoms with Crippen molar-refractivity contribution in [1.29, 1.82) is 0 Å². The molecule has 1 nitrogen and oxygen atoms in total. The molecule has 0 bridgehead atoms. The van der Waals surface area contributed by atoms with Crippen LogP contribution in [0, 0.1) is 0 Å². The molecule has 0 saturated heterocycles. The first kappa shape index (κ1) is 15.3. The zero-order chi connectivity index (χ0) is 14.9. The minimum absolute atomic E-state index is 0.656. The van der Waals surface area contributed by atoms with E-state index in [-0.39, 0.29) is 0 Å². The first-order valence-electron chi connectivity index (χ1n) is 7.31. The van der Waals surface area contributed by atoms with Crippen LogP contribution in [0.15, 0.2) is 73.3 Å². The van der Waals surface area contributed by atoms with Crippen LogP contribution in [0.4, 0.5) is 0 Å². The summed E-state index contributed by atoms with van der Waals surface area (Å²) < 4.78 is 5.55. The van der Waals surface area contributed by atoms with Crippen molar-refractivity contribution < 1.29 is 4.74 Å². The van der Waals surface area contributed by atoms with Crippen LogP contribution >= 0.6 is 0 Å². The minimum Gasteiger partial charge on any atom is -0.373 e. The Morgan fingerprint density at radius 3 is 2.00 bits per heavy atom. The second-order valence-corrected chi connectivity index (χ2v) is 4.97. The molecule has 0 heterocycles. The lowest BCUT2D eigenvalue weighted by Crippen LogP contribution is -1.92. The van der Waals surface area contributed by atoms with E-state index in [2.05, 4.69) is 55.1 Å². The highest BCUT2D eigenvalue weighted by Gasteiger charge is 1.99. The zero-order valence-electron chi connectivity index (χ0n) is 12.6. The van der Waals surface area contributed by atoms with E-state index in [1.807, 2.05) is 25.2 Å². The average molecular weight is 278 g/mol. The van der Waals surface area contributed by atoms with Crippen LogP contribution in [0.5, 0.6) is 0 Å². The normalized spacial score (nSPS) is 10.9. The molecule has 0 aliphatic heterocycles. The lowest BCUT2D eigenvalue weighted by atomic mass is 10.0. The molecule has 0 spiro atoms. The van der Waals surface area contributed by atoms with Gasteiger partial charge < -0.3 is 4.74 Å². The van der Waals surface area contributed by atoms with Gasteiger partial charge >= 0.3 is 0 Å². The van der Waals surface area contributed by atoms with E-state index in [1.165, 1.54) is 22.3 Å². The van der Waals surface area contributed by atoms with Crippen LogP contribution in [0.25, 0.3) is 11.1 Å². The molecule has 0 N–H and O–H groups in total. The second-order valence-electron chi connectivity index (χ2n) is 4.97. The first-order valence-corrected chi connectivity index (χ1v) is 7.31. The highest BCUT2D eigenvalue weighted by atomic mass is 16.5. The Bertz CT molecular complexity index is 576. The molecule has 0 atom stereocenters. The molecule has 2 aromatic carbocycles. The molecule has 0 aliphatic carbocycles. The van der Waals surface area contributed by atoms with Crippen molar-refractivity contribution in [2.75, 3.05) is 6.61 Å². The molecule has 0 amide bonds. The van der Waals surface area contributed by atoms with E-state index in [9.17, 15) is 0 Å². The van der Waals surface area contributed by atoms with Gasteiger partial charge in [-0.15, -0.1) is 6.58 Å². The van der Waals surface area contributed by atoms with E-state index < -0.39 is 0 Å². The van der Waals surface area contributed by atoms with E-state index >= 15 is 0 Å². The smallest absolute Gasteiger partial charge is 0.0721 e. The average Bonchev–Trinajstić information content (AvgIpc) is 2.53. The van der Waals surface area contributed by atoms with Gasteiger partial charge in [-0.2, -0.15) is 0 Å². The number of hydrogen-bond donors (Lipinski definition) is 0. The van der Waals surface area contributed by atoms with Crippen molar-refractivity contribution in [3.63, 3.8) is 0 Å². The molecule has 0 saturated carbocycles. The predicted octanol–water partition coefficient (Wildman–Crippen LogP) is 5.17. The second kappa shape index (κ2) is 8.23. The van der Waals surface area contributed by atoms with Gasteiger partial charge in [-0.25, -0.2) is 0 Å². The number of ether oxygens (including phenoxy) is 1. The largest absolute Gasteiger partial charge is 0.373 e. The van der Waals surface area contributed by atoms with Crippen molar-refractivity contribution in [3.05, 3.63) is 84.5 Å². The summed E-state index contributed by atoms with van der Waals surface area (Å²) in [6.07, 6.45) is 6.86. The lowest BCUT2D eigenvalue weighted by Gasteiger charge is -2.06. The summed E-state index contributed by atoms with van der Waals surface area (Å²) in [6, 6.07) is 17.2. The maximum absolute atomic E-state index is 5.55.